The first-order valence-corrected chi connectivity index (χ1v) is 9.12. The van der Waals surface area contributed by atoms with Crippen LogP contribution in [-0.4, -0.2) is 12.6 Å². The van der Waals surface area contributed by atoms with E-state index in [9.17, 15) is 9.59 Å². The topological polar surface area (TPSA) is 65.7 Å². The lowest BCUT2D eigenvalue weighted by atomic mass is 10.0. The number of hydrogen-bond acceptors (Lipinski definition) is 5. The Morgan fingerprint density at radius 3 is 2.48 bits per heavy atom. The monoisotopic (exact) mass is 386 g/mol. The van der Waals surface area contributed by atoms with E-state index in [4.69, 9.17) is 13.9 Å². The van der Waals surface area contributed by atoms with Gasteiger partial charge in [0.05, 0.1) is 0 Å². The molecule has 1 aromatic heterocycles. The van der Waals surface area contributed by atoms with Crippen LogP contribution in [0.2, 0.25) is 0 Å². The summed E-state index contributed by atoms with van der Waals surface area (Å²) >= 11 is 0. The van der Waals surface area contributed by atoms with E-state index < -0.39 is 11.6 Å². The number of carbonyl (C=O) groups is 1. The minimum atomic E-state index is -0.547. The summed E-state index contributed by atoms with van der Waals surface area (Å²) in [7, 11) is 0. The third kappa shape index (κ3) is 4.19. The van der Waals surface area contributed by atoms with E-state index in [1.807, 2.05) is 55.5 Å². The van der Waals surface area contributed by atoms with Crippen molar-refractivity contribution in [3.63, 3.8) is 0 Å². The quantitative estimate of drug-likeness (QED) is 0.281. The number of para-hydroxylation sites is 1. The Balaban J connectivity index is 1.55. The highest BCUT2D eigenvalue weighted by Gasteiger charge is 2.12. The molecule has 0 aliphatic rings. The van der Waals surface area contributed by atoms with Crippen molar-refractivity contribution in [3.8, 4) is 22.6 Å². The highest BCUT2D eigenvalue weighted by Crippen LogP contribution is 2.29. The predicted octanol–water partition coefficient (Wildman–Crippen LogP) is 4.75. The summed E-state index contributed by atoms with van der Waals surface area (Å²) in [5, 5.41) is 0.756. The van der Waals surface area contributed by atoms with Crippen LogP contribution < -0.4 is 15.1 Å². The maximum Gasteiger partial charge on any atom is 0.349 e. The molecular weight excluding hydrogens is 368 g/mol. The molecule has 0 fully saturated rings. The molecule has 3 aromatic carbocycles. The molecule has 0 aliphatic carbocycles. The molecule has 0 aliphatic heterocycles. The Kier molecular flexibility index (Phi) is 5.12. The van der Waals surface area contributed by atoms with Crippen LogP contribution in [0.3, 0.4) is 0 Å². The van der Waals surface area contributed by atoms with E-state index in [-0.39, 0.29) is 12.4 Å². The van der Waals surface area contributed by atoms with E-state index >= 15 is 0 Å². The molecule has 0 radical (unpaired) electrons. The summed E-state index contributed by atoms with van der Waals surface area (Å²) < 4.78 is 16.2. The maximum atomic E-state index is 12.1. The molecule has 0 atom stereocenters. The molecular formula is C24H18O5. The minimum absolute atomic E-state index is 0.225. The fraction of sp³-hybridized carbons (Fsp3) is 0.0833. The second kappa shape index (κ2) is 8.02. The lowest BCUT2D eigenvalue weighted by Crippen LogP contribution is -2.18. The summed E-state index contributed by atoms with van der Waals surface area (Å²) in [4.78, 5) is 24.2. The molecule has 0 saturated carbocycles. The van der Waals surface area contributed by atoms with Crippen LogP contribution in [0, 0.1) is 6.92 Å². The van der Waals surface area contributed by atoms with Crippen molar-refractivity contribution in [2.75, 3.05) is 6.61 Å². The Bertz CT molecular complexity index is 1220. The van der Waals surface area contributed by atoms with E-state index in [1.165, 1.54) is 12.1 Å². The van der Waals surface area contributed by atoms with Crippen LogP contribution in [0.4, 0.5) is 0 Å². The molecule has 0 amide bonds. The van der Waals surface area contributed by atoms with Crippen molar-refractivity contribution in [2.45, 2.75) is 6.92 Å². The van der Waals surface area contributed by atoms with Crippen LogP contribution in [0.5, 0.6) is 11.5 Å². The molecule has 144 valence electrons. The molecule has 5 nitrogen and oxygen atoms in total. The fourth-order valence-corrected chi connectivity index (χ4v) is 3.08. The van der Waals surface area contributed by atoms with Gasteiger partial charge in [-0.25, -0.2) is 9.59 Å². The van der Waals surface area contributed by atoms with Gasteiger partial charge in [0.25, 0.3) is 0 Å². The number of rotatable bonds is 5. The van der Waals surface area contributed by atoms with Gasteiger partial charge in [-0.1, -0.05) is 48.5 Å². The summed E-state index contributed by atoms with van der Waals surface area (Å²) in [6.07, 6.45) is 0. The van der Waals surface area contributed by atoms with Gasteiger partial charge in [0, 0.05) is 17.5 Å². The van der Waals surface area contributed by atoms with Crippen LogP contribution in [0.15, 0.2) is 88.1 Å². The standard InChI is InChI=1S/C24H18O5/c1-16-7-5-6-10-21(16)27-15-24(26)28-18-11-12-19-20(17-8-3-2-4-9-17)14-23(25)29-22(19)13-18/h2-14H,15H2,1H3. The number of aryl methyl sites for hydroxylation is 1. The van der Waals surface area contributed by atoms with Crippen LogP contribution in [0.25, 0.3) is 22.1 Å². The SMILES string of the molecule is Cc1ccccc1OCC(=O)Oc1ccc2c(-c3ccccc3)cc(=O)oc2c1. The Morgan fingerprint density at radius 2 is 1.69 bits per heavy atom. The third-order valence-electron chi connectivity index (χ3n) is 4.47. The van der Waals surface area contributed by atoms with Gasteiger partial charge in [-0.3, -0.25) is 0 Å². The van der Waals surface area contributed by atoms with Crippen LogP contribution in [-0.2, 0) is 4.79 Å². The lowest BCUT2D eigenvalue weighted by molar-refractivity contribution is -0.136. The number of hydrogen-bond donors (Lipinski definition) is 0. The number of benzene rings is 3. The van der Waals surface area contributed by atoms with E-state index in [1.54, 1.807) is 18.2 Å². The second-order valence-corrected chi connectivity index (χ2v) is 6.53. The molecule has 1 heterocycles. The number of ether oxygens (including phenoxy) is 2. The largest absolute Gasteiger partial charge is 0.482 e. The van der Waals surface area contributed by atoms with Crippen molar-refractivity contribution < 1.29 is 18.7 Å². The van der Waals surface area contributed by atoms with Gasteiger partial charge in [-0.2, -0.15) is 0 Å². The van der Waals surface area contributed by atoms with E-state index in [0.29, 0.717) is 11.3 Å². The predicted molar refractivity (Wildman–Crippen MR) is 110 cm³/mol. The molecule has 4 aromatic rings. The first kappa shape index (κ1) is 18.5. The number of esters is 1. The summed E-state index contributed by atoms with van der Waals surface area (Å²) in [6.45, 7) is 1.67. The smallest absolute Gasteiger partial charge is 0.349 e. The molecule has 0 unspecified atom stereocenters. The van der Waals surface area contributed by atoms with Crippen molar-refractivity contribution in [3.05, 3.63) is 94.8 Å². The fourth-order valence-electron chi connectivity index (χ4n) is 3.08. The Morgan fingerprint density at radius 1 is 0.931 bits per heavy atom. The van der Waals surface area contributed by atoms with Crippen LogP contribution in [0.1, 0.15) is 5.56 Å². The zero-order chi connectivity index (χ0) is 20.2. The van der Waals surface area contributed by atoms with Crippen molar-refractivity contribution >= 4 is 16.9 Å². The summed E-state index contributed by atoms with van der Waals surface area (Å²) in [5.74, 6) is 0.361. The van der Waals surface area contributed by atoms with Gasteiger partial charge >= 0.3 is 11.6 Å². The molecule has 0 saturated heterocycles. The summed E-state index contributed by atoms with van der Waals surface area (Å²) in [6, 6.07) is 23.4. The second-order valence-electron chi connectivity index (χ2n) is 6.53. The van der Waals surface area contributed by atoms with Gasteiger partial charge in [-0.15, -0.1) is 0 Å². The average molecular weight is 386 g/mol. The Labute approximate surface area is 167 Å². The van der Waals surface area contributed by atoms with Crippen molar-refractivity contribution in [1.82, 2.24) is 0 Å². The van der Waals surface area contributed by atoms with Gasteiger partial charge in [0.2, 0.25) is 0 Å². The first-order valence-electron chi connectivity index (χ1n) is 9.12. The van der Waals surface area contributed by atoms with Crippen molar-refractivity contribution in [2.24, 2.45) is 0 Å². The van der Waals surface area contributed by atoms with E-state index in [0.717, 1.165) is 22.1 Å². The molecule has 0 spiro atoms. The minimum Gasteiger partial charge on any atom is -0.482 e. The maximum absolute atomic E-state index is 12.1. The zero-order valence-electron chi connectivity index (χ0n) is 15.8. The van der Waals surface area contributed by atoms with E-state index in [2.05, 4.69) is 0 Å². The van der Waals surface area contributed by atoms with Crippen LogP contribution >= 0.6 is 0 Å². The normalized spacial score (nSPS) is 10.7. The van der Waals surface area contributed by atoms with Gasteiger partial charge in [-0.05, 0) is 41.8 Å². The summed E-state index contributed by atoms with van der Waals surface area (Å²) in [5.41, 5.74) is 2.48. The molecule has 5 heteroatoms. The van der Waals surface area contributed by atoms with Crippen molar-refractivity contribution in [1.29, 1.82) is 0 Å². The molecule has 0 N–H and O–H groups in total. The third-order valence-corrected chi connectivity index (χ3v) is 4.47. The van der Waals surface area contributed by atoms with Gasteiger partial charge in [0.15, 0.2) is 6.61 Å². The van der Waals surface area contributed by atoms with Gasteiger partial charge < -0.3 is 13.9 Å². The lowest BCUT2D eigenvalue weighted by Gasteiger charge is -2.10. The highest BCUT2D eigenvalue weighted by molar-refractivity contribution is 5.94. The number of carbonyl (C=O) groups excluding carboxylic acids is 1. The number of fused-ring (bicyclic) bond motifs is 1. The molecule has 29 heavy (non-hydrogen) atoms. The molecule has 0 bridgehead atoms. The average Bonchev–Trinajstić information content (AvgIpc) is 2.73. The molecule has 4 rings (SSSR count). The first-order chi connectivity index (χ1) is 14.1. The van der Waals surface area contributed by atoms with Gasteiger partial charge in [0.1, 0.15) is 17.1 Å². The highest BCUT2D eigenvalue weighted by atomic mass is 16.6. The zero-order valence-corrected chi connectivity index (χ0v) is 15.8. The Hall–Kier alpha value is -3.86.